The highest BCUT2D eigenvalue weighted by Crippen LogP contribution is 2.05. The van der Waals surface area contributed by atoms with Crippen molar-refractivity contribution in [1.82, 2.24) is 5.32 Å². The molecule has 3 nitrogen and oxygen atoms in total. The van der Waals surface area contributed by atoms with E-state index < -0.39 is 18.4 Å². The third kappa shape index (κ3) is 1.60. The summed E-state index contributed by atoms with van der Waals surface area (Å²) in [5, 5.41) is 9.64. The number of rotatable bonds is 3. The van der Waals surface area contributed by atoms with Gasteiger partial charge >= 0.3 is 5.97 Å². The smallest absolute Gasteiger partial charge is 0.359 e. The summed E-state index contributed by atoms with van der Waals surface area (Å²) in [5.74, 6) is -4.76. The monoisotopic (exact) mass is 139 g/mol. The van der Waals surface area contributed by atoms with E-state index in [9.17, 15) is 13.6 Å². The molecule has 0 radical (unpaired) electrons. The third-order valence-corrected chi connectivity index (χ3v) is 0.919. The van der Waals surface area contributed by atoms with E-state index in [-0.39, 0.29) is 0 Å². The van der Waals surface area contributed by atoms with Crippen LogP contribution in [-0.4, -0.2) is 30.6 Å². The van der Waals surface area contributed by atoms with E-state index in [1.54, 1.807) is 5.32 Å². The summed E-state index contributed by atoms with van der Waals surface area (Å²) in [7, 11) is 1.04. The van der Waals surface area contributed by atoms with E-state index in [0.717, 1.165) is 7.05 Å². The zero-order chi connectivity index (χ0) is 7.49. The van der Waals surface area contributed by atoms with E-state index in [1.807, 2.05) is 0 Å². The largest absolute Gasteiger partial charge is 0.478 e. The van der Waals surface area contributed by atoms with Gasteiger partial charge in [-0.15, -0.1) is 0 Å². The van der Waals surface area contributed by atoms with Gasteiger partial charge in [0.2, 0.25) is 0 Å². The molecule has 0 saturated heterocycles. The molecule has 0 aliphatic heterocycles. The summed E-state index contributed by atoms with van der Waals surface area (Å²) in [4.78, 5) is 9.81. The number of nitrogens with one attached hydrogen (secondary N) is 1. The first-order valence-electron chi connectivity index (χ1n) is 2.24. The number of hydrogen-bond donors (Lipinski definition) is 2. The molecule has 0 saturated carbocycles. The van der Waals surface area contributed by atoms with Gasteiger partial charge in [0.05, 0.1) is 0 Å². The average molecular weight is 139 g/mol. The number of alkyl halides is 2. The van der Waals surface area contributed by atoms with Crippen molar-refractivity contribution >= 4 is 5.97 Å². The molecule has 0 spiro atoms. The van der Waals surface area contributed by atoms with Gasteiger partial charge in [-0.05, 0) is 7.05 Å². The lowest BCUT2D eigenvalue weighted by Gasteiger charge is -2.14. The Morgan fingerprint density at radius 1 is 1.89 bits per heavy atom. The minimum atomic E-state index is -2.92. The summed E-state index contributed by atoms with van der Waals surface area (Å²) >= 11 is 0. The molecule has 1 atom stereocenters. The van der Waals surface area contributed by atoms with Crippen molar-refractivity contribution in [2.24, 2.45) is 0 Å². The van der Waals surface area contributed by atoms with Crippen LogP contribution in [0.25, 0.3) is 0 Å². The summed E-state index contributed by atoms with van der Waals surface area (Å²) < 4.78 is 23.8. The van der Waals surface area contributed by atoms with Crippen LogP contribution in [0.5, 0.6) is 0 Å². The highest BCUT2D eigenvalue weighted by molar-refractivity contribution is 5.76. The molecule has 0 fully saturated rings. The maximum absolute atomic E-state index is 12.3. The van der Waals surface area contributed by atoms with Crippen LogP contribution in [0.3, 0.4) is 0 Å². The number of carboxylic acids is 1. The van der Waals surface area contributed by atoms with Gasteiger partial charge < -0.3 is 5.11 Å². The second-order valence-corrected chi connectivity index (χ2v) is 1.49. The molecule has 0 aromatic rings. The van der Waals surface area contributed by atoms with Crippen molar-refractivity contribution in [2.45, 2.75) is 5.79 Å². The Kier molecular flexibility index (Phi) is 2.51. The molecule has 0 rings (SSSR count). The molecule has 0 bridgehead atoms. The molecule has 0 heterocycles. The predicted molar refractivity (Wildman–Crippen MR) is 26.5 cm³/mol. The molecule has 5 heteroatoms. The first-order chi connectivity index (χ1) is 4.06. The Morgan fingerprint density at radius 2 is 2.33 bits per heavy atom. The van der Waals surface area contributed by atoms with E-state index >= 15 is 0 Å². The molecule has 1 unspecified atom stereocenters. The van der Waals surface area contributed by atoms with Gasteiger partial charge in [-0.2, -0.15) is 0 Å². The van der Waals surface area contributed by atoms with E-state index in [1.165, 1.54) is 0 Å². The zero-order valence-corrected chi connectivity index (χ0v) is 4.82. The molecule has 54 valence electrons. The van der Waals surface area contributed by atoms with E-state index in [2.05, 4.69) is 0 Å². The fraction of sp³-hybridized carbons (Fsp3) is 0.750. The molecule has 0 aromatic heterocycles. The van der Waals surface area contributed by atoms with Gasteiger partial charge in [-0.1, -0.05) is 0 Å². The summed E-state index contributed by atoms with van der Waals surface area (Å²) in [6, 6.07) is 0. The molecule has 9 heavy (non-hydrogen) atoms. The normalized spacial score (nSPS) is 16.8. The topological polar surface area (TPSA) is 49.3 Å². The number of carboxylic acid groups (broad SMARTS) is 1. The highest BCUT2D eigenvalue weighted by Gasteiger charge is 2.36. The number of halogens is 2. The van der Waals surface area contributed by atoms with Gasteiger partial charge in [0.25, 0.3) is 5.79 Å². The quantitative estimate of drug-likeness (QED) is 0.538. The lowest BCUT2D eigenvalue weighted by atomic mass is 10.3. The second-order valence-electron chi connectivity index (χ2n) is 1.49. The van der Waals surface area contributed by atoms with Crippen LogP contribution >= 0.6 is 0 Å². The Balaban J connectivity index is 4.09. The number of aliphatic carboxylic acids is 1. The third-order valence-electron chi connectivity index (χ3n) is 0.919. The maximum atomic E-state index is 12.3. The molecule has 0 aromatic carbocycles. The predicted octanol–water partition coefficient (Wildman–Crippen LogP) is -0.0743. The van der Waals surface area contributed by atoms with Crippen LogP contribution in [0.4, 0.5) is 8.78 Å². The minimum Gasteiger partial charge on any atom is -0.478 e. The van der Waals surface area contributed by atoms with Crippen LogP contribution in [0.1, 0.15) is 0 Å². The number of carbonyl (C=O) groups is 1. The van der Waals surface area contributed by atoms with Crippen LogP contribution in [0.2, 0.25) is 0 Å². The van der Waals surface area contributed by atoms with Crippen LogP contribution in [0.15, 0.2) is 0 Å². The minimum absolute atomic E-state index is 1.04. The summed E-state index contributed by atoms with van der Waals surface area (Å²) in [6.07, 6.45) is 0. The molecule has 2 N–H and O–H groups in total. The molecule has 0 amide bonds. The van der Waals surface area contributed by atoms with Crippen molar-refractivity contribution < 1.29 is 18.7 Å². The van der Waals surface area contributed by atoms with Crippen molar-refractivity contribution in [2.75, 3.05) is 13.7 Å². The maximum Gasteiger partial charge on any atom is 0.359 e. The van der Waals surface area contributed by atoms with E-state index in [4.69, 9.17) is 5.11 Å². The molecular formula is C4H7F2NO2. The Labute approximate surface area is 50.7 Å². The van der Waals surface area contributed by atoms with Crippen LogP contribution in [-0.2, 0) is 4.79 Å². The number of hydrogen-bond acceptors (Lipinski definition) is 2. The zero-order valence-electron chi connectivity index (χ0n) is 4.82. The van der Waals surface area contributed by atoms with Gasteiger partial charge in [0.1, 0.15) is 6.67 Å². The second kappa shape index (κ2) is 2.72. The first kappa shape index (κ1) is 8.29. The van der Waals surface area contributed by atoms with Gasteiger partial charge in [-0.25, -0.2) is 13.6 Å². The Hall–Kier alpha value is -0.710. The Bertz CT molecular complexity index is 113. The molecular weight excluding hydrogens is 132 g/mol. The van der Waals surface area contributed by atoms with Crippen molar-refractivity contribution in [1.29, 1.82) is 0 Å². The summed E-state index contributed by atoms with van der Waals surface area (Å²) in [5.41, 5.74) is 0. The first-order valence-corrected chi connectivity index (χ1v) is 2.24. The van der Waals surface area contributed by atoms with Gasteiger partial charge in [-0.3, -0.25) is 5.32 Å². The fourth-order valence-electron chi connectivity index (χ4n) is 0.231. The van der Waals surface area contributed by atoms with Gasteiger partial charge in [0.15, 0.2) is 0 Å². The number of likely N-dealkylation sites (N-methyl/N-ethyl adjacent to an activating group) is 1. The lowest BCUT2D eigenvalue weighted by Crippen LogP contribution is -2.48. The van der Waals surface area contributed by atoms with Crippen LogP contribution in [0, 0.1) is 0 Å². The van der Waals surface area contributed by atoms with Crippen molar-refractivity contribution in [3.63, 3.8) is 0 Å². The molecule has 0 aliphatic rings. The summed E-state index contributed by atoms with van der Waals surface area (Å²) in [6.45, 7) is -1.57. The standard InChI is InChI=1S/C4H7F2NO2/c1-7-4(6,2-5)3(8)9/h7H,2H2,1H3,(H,8,9). The van der Waals surface area contributed by atoms with Gasteiger partial charge in [0, 0.05) is 0 Å². The lowest BCUT2D eigenvalue weighted by molar-refractivity contribution is -0.154. The molecule has 0 aliphatic carbocycles. The average Bonchev–Trinajstić information content (AvgIpc) is 1.86. The SMILES string of the molecule is CNC(F)(CF)C(=O)O. The Morgan fingerprint density at radius 3 is 2.33 bits per heavy atom. The van der Waals surface area contributed by atoms with Crippen molar-refractivity contribution in [3.8, 4) is 0 Å². The van der Waals surface area contributed by atoms with Crippen molar-refractivity contribution in [3.05, 3.63) is 0 Å². The van der Waals surface area contributed by atoms with Crippen LogP contribution < -0.4 is 5.32 Å². The van der Waals surface area contributed by atoms with E-state index in [0.29, 0.717) is 0 Å². The highest BCUT2D eigenvalue weighted by atomic mass is 19.2. The fourth-order valence-corrected chi connectivity index (χ4v) is 0.231.